The second-order valence-electron chi connectivity index (χ2n) is 4.92. The maximum Gasteiger partial charge on any atom is 0.283 e. The summed E-state index contributed by atoms with van der Waals surface area (Å²) in [5, 5.41) is 4.11. The van der Waals surface area contributed by atoms with E-state index in [0.29, 0.717) is 16.3 Å². The number of anilines is 1. The van der Waals surface area contributed by atoms with Crippen molar-refractivity contribution in [3.63, 3.8) is 0 Å². The summed E-state index contributed by atoms with van der Waals surface area (Å²) < 4.78 is 1.48. The number of para-hydroxylation sites is 1. The molecule has 3 heterocycles. The fourth-order valence-corrected chi connectivity index (χ4v) is 3.14. The Kier molecular flexibility index (Phi) is 2.70. The van der Waals surface area contributed by atoms with E-state index >= 15 is 0 Å². The predicted molar refractivity (Wildman–Crippen MR) is 88.6 cm³/mol. The fraction of sp³-hybridized carbons (Fsp3) is 0.0667. The third-order valence-electron chi connectivity index (χ3n) is 3.59. The predicted octanol–water partition coefficient (Wildman–Crippen LogP) is 2.38. The van der Waals surface area contributed by atoms with Crippen LogP contribution in [0.3, 0.4) is 0 Å². The quantitative estimate of drug-likeness (QED) is 0.748. The van der Waals surface area contributed by atoms with Crippen molar-refractivity contribution < 1.29 is 0 Å². The van der Waals surface area contributed by atoms with Gasteiger partial charge in [0.15, 0.2) is 0 Å². The highest BCUT2D eigenvalue weighted by Gasteiger charge is 2.19. The van der Waals surface area contributed by atoms with Crippen molar-refractivity contribution in [1.29, 1.82) is 0 Å². The Labute approximate surface area is 129 Å². The van der Waals surface area contributed by atoms with Crippen LogP contribution in [0.1, 0.15) is 18.1 Å². The highest BCUT2D eigenvalue weighted by atomic mass is 32.1. The van der Waals surface area contributed by atoms with Gasteiger partial charge in [0.2, 0.25) is 4.96 Å². The number of fused-ring (bicyclic) bond motifs is 2. The lowest BCUT2D eigenvalue weighted by Crippen LogP contribution is -2.17. The molecule has 0 aliphatic carbocycles. The van der Waals surface area contributed by atoms with Crippen molar-refractivity contribution in [2.45, 2.75) is 6.92 Å². The highest BCUT2D eigenvalue weighted by molar-refractivity contribution is 7.14. The van der Waals surface area contributed by atoms with Gasteiger partial charge in [-0.3, -0.25) is 9.79 Å². The van der Waals surface area contributed by atoms with Crippen LogP contribution < -0.4 is 11.3 Å². The summed E-state index contributed by atoms with van der Waals surface area (Å²) in [7, 11) is 0. The standard InChI is InChI=1S/C15H11N5OS/c1-8-10(9-4-2-3-5-12(9)18-8)6-11-13(16)20-15(19-14(11)21)22-7-17-20/h2-7H,16H2,1H3/b10-6-. The molecule has 22 heavy (non-hydrogen) atoms. The molecule has 0 saturated carbocycles. The topological polar surface area (TPSA) is 85.6 Å². The molecule has 4 rings (SSSR count). The van der Waals surface area contributed by atoms with Crippen molar-refractivity contribution in [2.24, 2.45) is 4.99 Å². The van der Waals surface area contributed by atoms with Gasteiger partial charge in [-0.15, -0.1) is 0 Å². The molecule has 2 aromatic heterocycles. The Bertz CT molecular complexity index is 1030. The van der Waals surface area contributed by atoms with Crippen molar-refractivity contribution in [1.82, 2.24) is 14.6 Å². The van der Waals surface area contributed by atoms with Gasteiger partial charge in [-0.25, -0.2) is 0 Å². The maximum atomic E-state index is 12.2. The Morgan fingerprint density at radius 2 is 2.14 bits per heavy atom. The van der Waals surface area contributed by atoms with Crippen molar-refractivity contribution in [2.75, 3.05) is 5.73 Å². The molecule has 1 aliphatic rings. The third-order valence-corrected chi connectivity index (χ3v) is 4.27. The molecule has 0 bridgehead atoms. The molecule has 108 valence electrons. The van der Waals surface area contributed by atoms with E-state index in [-0.39, 0.29) is 5.56 Å². The SMILES string of the molecule is CC1=Nc2ccccc2/C1=C\c1c(N)n2ncsc2nc1=O. The summed E-state index contributed by atoms with van der Waals surface area (Å²) in [4.78, 5) is 21.3. The van der Waals surface area contributed by atoms with E-state index in [2.05, 4.69) is 15.1 Å². The first-order valence-electron chi connectivity index (χ1n) is 6.64. The summed E-state index contributed by atoms with van der Waals surface area (Å²) >= 11 is 1.27. The van der Waals surface area contributed by atoms with Crippen LogP contribution in [0.15, 0.2) is 39.6 Å². The number of nitrogens with zero attached hydrogens (tertiary/aromatic N) is 4. The van der Waals surface area contributed by atoms with Crippen LogP contribution in [0.25, 0.3) is 16.6 Å². The van der Waals surface area contributed by atoms with Crippen LogP contribution in [-0.2, 0) is 0 Å². The van der Waals surface area contributed by atoms with Crippen LogP contribution in [0.2, 0.25) is 0 Å². The van der Waals surface area contributed by atoms with Gasteiger partial charge in [0.25, 0.3) is 5.56 Å². The smallest absolute Gasteiger partial charge is 0.283 e. The van der Waals surface area contributed by atoms with Gasteiger partial charge in [-0.1, -0.05) is 29.5 Å². The molecule has 0 amide bonds. The molecule has 2 N–H and O–H groups in total. The minimum Gasteiger partial charge on any atom is -0.383 e. The van der Waals surface area contributed by atoms with Gasteiger partial charge in [0, 0.05) is 16.8 Å². The fourth-order valence-electron chi connectivity index (χ4n) is 2.52. The average Bonchev–Trinajstić information content (AvgIpc) is 3.08. The molecule has 1 aromatic carbocycles. The molecule has 0 unspecified atom stereocenters. The molecule has 0 saturated heterocycles. The summed E-state index contributed by atoms with van der Waals surface area (Å²) in [6.45, 7) is 1.91. The van der Waals surface area contributed by atoms with E-state index in [9.17, 15) is 4.79 Å². The first-order chi connectivity index (χ1) is 10.6. The molecular weight excluding hydrogens is 298 g/mol. The summed E-state index contributed by atoms with van der Waals surface area (Å²) in [6.07, 6.45) is 1.75. The lowest BCUT2D eigenvalue weighted by molar-refractivity contribution is 0.941. The first-order valence-corrected chi connectivity index (χ1v) is 7.52. The summed E-state index contributed by atoms with van der Waals surface area (Å²) in [5.74, 6) is 0.293. The Morgan fingerprint density at radius 3 is 3.00 bits per heavy atom. The van der Waals surface area contributed by atoms with Gasteiger partial charge in [0.1, 0.15) is 11.3 Å². The average molecular weight is 309 g/mol. The highest BCUT2D eigenvalue weighted by Crippen LogP contribution is 2.35. The Morgan fingerprint density at radius 1 is 1.32 bits per heavy atom. The van der Waals surface area contributed by atoms with Crippen LogP contribution >= 0.6 is 11.3 Å². The third kappa shape index (κ3) is 1.79. The number of aromatic nitrogens is 3. The van der Waals surface area contributed by atoms with Gasteiger partial charge < -0.3 is 5.73 Å². The molecule has 0 atom stereocenters. The van der Waals surface area contributed by atoms with E-state index in [1.54, 1.807) is 11.6 Å². The maximum absolute atomic E-state index is 12.2. The normalized spacial score (nSPS) is 15.3. The van der Waals surface area contributed by atoms with E-state index in [1.165, 1.54) is 15.9 Å². The molecule has 0 spiro atoms. The molecule has 0 fully saturated rings. The Balaban J connectivity index is 1.98. The molecule has 3 aromatic rings. The number of benzene rings is 1. The van der Waals surface area contributed by atoms with Crippen LogP contribution in [-0.4, -0.2) is 20.3 Å². The number of aliphatic imine (C=N–C) groups is 1. The number of allylic oxidation sites excluding steroid dienone is 1. The van der Waals surface area contributed by atoms with Crippen LogP contribution in [0.4, 0.5) is 11.5 Å². The van der Waals surface area contributed by atoms with Gasteiger partial charge in [-0.05, 0) is 19.1 Å². The zero-order valence-electron chi connectivity index (χ0n) is 11.6. The lowest BCUT2D eigenvalue weighted by atomic mass is 10.0. The van der Waals surface area contributed by atoms with E-state index in [1.807, 2.05) is 31.2 Å². The minimum absolute atomic E-state index is 0.293. The molecular formula is C15H11N5OS. The number of nitrogen functional groups attached to an aromatic ring is 1. The zero-order valence-corrected chi connectivity index (χ0v) is 12.5. The minimum atomic E-state index is -0.355. The summed E-state index contributed by atoms with van der Waals surface area (Å²) in [5.41, 5.74) is 11.3. The lowest BCUT2D eigenvalue weighted by Gasteiger charge is -2.04. The van der Waals surface area contributed by atoms with Crippen LogP contribution in [0.5, 0.6) is 0 Å². The number of hydrogen-bond acceptors (Lipinski definition) is 6. The number of nitrogens with two attached hydrogens (primary N) is 1. The van der Waals surface area contributed by atoms with Crippen molar-refractivity contribution in [3.8, 4) is 0 Å². The number of hydrogen-bond donors (Lipinski definition) is 1. The molecule has 1 aliphatic heterocycles. The monoisotopic (exact) mass is 309 g/mol. The zero-order chi connectivity index (χ0) is 15.3. The van der Waals surface area contributed by atoms with Crippen molar-refractivity contribution >= 4 is 45.2 Å². The van der Waals surface area contributed by atoms with E-state index in [0.717, 1.165) is 22.5 Å². The van der Waals surface area contributed by atoms with E-state index in [4.69, 9.17) is 5.73 Å². The Hall–Kier alpha value is -2.80. The molecule has 6 nitrogen and oxygen atoms in total. The second-order valence-corrected chi connectivity index (χ2v) is 5.73. The van der Waals surface area contributed by atoms with Gasteiger partial charge >= 0.3 is 0 Å². The van der Waals surface area contributed by atoms with Crippen LogP contribution in [0, 0.1) is 0 Å². The molecule has 7 heteroatoms. The number of rotatable bonds is 1. The van der Waals surface area contributed by atoms with Gasteiger partial charge in [0.05, 0.1) is 11.3 Å². The van der Waals surface area contributed by atoms with Gasteiger partial charge in [-0.2, -0.15) is 14.6 Å². The first kappa shape index (κ1) is 12.9. The van der Waals surface area contributed by atoms with E-state index < -0.39 is 0 Å². The second kappa shape index (κ2) is 4.60. The molecule has 0 radical (unpaired) electrons. The largest absolute Gasteiger partial charge is 0.383 e. The van der Waals surface area contributed by atoms with Crippen molar-refractivity contribution in [3.05, 3.63) is 51.3 Å². The summed E-state index contributed by atoms with van der Waals surface area (Å²) in [6, 6.07) is 7.80.